The zero-order chi connectivity index (χ0) is 13.2. The third-order valence-corrected chi connectivity index (χ3v) is 3.86. The second-order valence-corrected chi connectivity index (χ2v) is 5.14. The molecule has 3 rings (SSSR count). The Hall–Kier alpha value is -1.84. The summed E-state index contributed by atoms with van der Waals surface area (Å²) >= 11 is 0. The molecule has 1 amide bonds. The van der Waals surface area contributed by atoms with Crippen LogP contribution in [0, 0.1) is 0 Å². The van der Waals surface area contributed by atoms with Crippen LogP contribution in [0.1, 0.15) is 43.1 Å². The number of benzene rings is 1. The van der Waals surface area contributed by atoms with Crippen molar-refractivity contribution in [3.63, 3.8) is 0 Å². The van der Waals surface area contributed by atoms with E-state index in [4.69, 9.17) is 0 Å². The summed E-state index contributed by atoms with van der Waals surface area (Å²) in [6.45, 7) is 2.81. The molecule has 1 saturated carbocycles. The number of hydrogen-bond donors (Lipinski definition) is 1. The van der Waals surface area contributed by atoms with E-state index >= 15 is 0 Å². The van der Waals surface area contributed by atoms with Crippen LogP contribution in [0.15, 0.2) is 24.3 Å². The maximum atomic E-state index is 12.4. The highest BCUT2D eigenvalue weighted by atomic mass is 16.2. The van der Waals surface area contributed by atoms with Gasteiger partial charge in [0.05, 0.1) is 5.52 Å². The Kier molecular flexibility index (Phi) is 3.23. The Morgan fingerprint density at radius 2 is 2.11 bits per heavy atom. The van der Waals surface area contributed by atoms with Crippen LogP contribution in [0.4, 0.5) is 0 Å². The number of aromatic nitrogens is 2. The third-order valence-electron chi connectivity index (χ3n) is 3.86. The Balaban J connectivity index is 1.93. The summed E-state index contributed by atoms with van der Waals surface area (Å²) < 4.78 is 1.89. The second kappa shape index (κ2) is 5.03. The van der Waals surface area contributed by atoms with E-state index < -0.39 is 0 Å². The molecule has 0 radical (unpaired) electrons. The van der Waals surface area contributed by atoms with E-state index in [1.165, 1.54) is 12.8 Å². The number of aryl methyl sites for hydroxylation is 1. The van der Waals surface area contributed by atoms with E-state index in [1.807, 2.05) is 35.9 Å². The fraction of sp³-hybridized carbons (Fsp3) is 0.467. The summed E-state index contributed by atoms with van der Waals surface area (Å²) in [5.74, 6) is -0.0321. The number of amides is 1. The molecule has 0 spiro atoms. The first-order chi connectivity index (χ1) is 9.29. The molecule has 1 aliphatic carbocycles. The first kappa shape index (κ1) is 12.2. The topological polar surface area (TPSA) is 46.9 Å². The lowest BCUT2D eigenvalue weighted by Crippen LogP contribution is -2.33. The molecule has 1 aromatic carbocycles. The van der Waals surface area contributed by atoms with Gasteiger partial charge in [-0.15, -0.1) is 0 Å². The number of nitrogens with zero attached hydrogens (tertiary/aromatic N) is 2. The van der Waals surface area contributed by atoms with Gasteiger partial charge in [-0.05, 0) is 25.8 Å². The summed E-state index contributed by atoms with van der Waals surface area (Å²) in [4.78, 5) is 12.4. The Morgan fingerprint density at radius 3 is 2.84 bits per heavy atom. The van der Waals surface area contributed by atoms with Crippen LogP contribution in [0.25, 0.3) is 10.9 Å². The standard InChI is InChI=1S/C15H19N3O/c1-2-18-13-10-6-5-9-12(13)14(17-18)15(19)16-11-7-3-4-8-11/h5-6,9-11H,2-4,7-8H2,1H3,(H,16,19). The highest BCUT2D eigenvalue weighted by molar-refractivity contribution is 6.04. The minimum Gasteiger partial charge on any atom is -0.348 e. The molecule has 0 saturated heterocycles. The maximum absolute atomic E-state index is 12.4. The molecule has 1 N–H and O–H groups in total. The number of fused-ring (bicyclic) bond motifs is 1. The van der Waals surface area contributed by atoms with Crippen molar-refractivity contribution in [2.24, 2.45) is 0 Å². The monoisotopic (exact) mass is 257 g/mol. The van der Waals surface area contributed by atoms with Crippen LogP contribution >= 0.6 is 0 Å². The zero-order valence-electron chi connectivity index (χ0n) is 11.2. The summed E-state index contributed by atoms with van der Waals surface area (Å²) in [6, 6.07) is 8.25. The van der Waals surface area contributed by atoms with E-state index in [9.17, 15) is 4.79 Å². The molecule has 1 aromatic heterocycles. The van der Waals surface area contributed by atoms with Crippen molar-refractivity contribution in [3.05, 3.63) is 30.0 Å². The Bertz CT molecular complexity index is 596. The molecule has 4 heteroatoms. The molecule has 1 aliphatic rings. The van der Waals surface area contributed by atoms with E-state index in [2.05, 4.69) is 10.4 Å². The molecule has 0 atom stereocenters. The Morgan fingerprint density at radius 1 is 1.37 bits per heavy atom. The number of para-hydroxylation sites is 1. The number of carbonyl (C=O) groups excluding carboxylic acids is 1. The van der Waals surface area contributed by atoms with Gasteiger partial charge in [0.15, 0.2) is 5.69 Å². The average molecular weight is 257 g/mol. The van der Waals surface area contributed by atoms with Gasteiger partial charge in [-0.3, -0.25) is 9.48 Å². The summed E-state index contributed by atoms with van der Waals surface area (Å²) in [5.41, 5.74) is 1.59. The number of hydrogen-bond acceptors (Lipinski definition) is 2. The van der Waals surface area contributed by atoms with Gasteiger partial charge in [0.25, 0.3) is 5.91 Å². The van der Waals surface area contributed by atoms with Crippen LogP contribution in [-0.4, -0.2) is 21.7 Å². The molecule has 2 aromatic rings. The fourth-order valence-electron chi connectivity index (χ4n) is 2.86. The molecule has 4 nitrogen and oxygen atoms in total. The van der Waals surface area contributed by atoms with Crippen LogP contribution in [-0.2, 0) is 6.54 Å². The molecule has 0 bridgehead atoms. The van der Waals surface area contributed by atoms with E-state index in [0.29, 0.717) is 11.7 Å². The predicted molar refractivity (Wildman–Crippen MR) is 75.1 cm³/mol. The van der Waals surface area contributed by atoms with Crippen molar-refractivity contribution < 1.29 is 4.79 Å². The van der Waals surface area contributed by atoms with Crippen LogP contribution in [0.3, 0.4) is 0 Å². The minimum atomic E-state index is -0.0321. The van der Waals surface area contributed by atoms with Gasteiger partial charge in [-0.1, -0.05) is 31.0 Å². The molecule has 1 fully saturated rings. The average Bonchev–Trinajstić information content (AvgIpc) is 3.05. The largest absolute Gasteiger partial charge is 0.348 e. The molecular weight excluding hydrogens is 238 g/mol. The van der Waals surface area contributed by atoms with Gasteiger partial charge < -0.3 is 5.32 Å². The molecule has 100 valence electrons. The maximum Gasteiger partial charge on any atom is 0.272 e. The number of carbonyl (C=O) groups is 1. The van der Waals surface area contributed by atoms with E-state index in [0.717, 1.165) is 30.3 Å². The SMILES string of the molecule is CCn1nc(C(=O)NC2CCCC2)c2ccccc21. The fourth-order valence-corrected chi connectivity index (χ4v) is 2.86. The number of nitrogens with one attached hydrogen (secondary N) is 1. The van der Waals surface area contributed by atoms with Crippen molar-refractivity contribution in [1.82, 2.24) is 15.1 Å². The van der Waals surface area contributed by atoms with Gasteiger partial charge in [-0.2, -0.15) is 5.10 Å². The van der Waals surface area contributed by atoms with Crippen LogP contribution in [0.2, 0.25) is 0 Å². The Labute approximate surface area is 112 Å². The lowest BCUT2D eigenvalue weighted by molar-refractivity contribution is 0.0933. The molecular formula is C15H19N3O. The van der Waals surface area contributed by atoms with Crippen LogP contribution < -0.4 is 5.32 Å². The van der Waals surface area contributed by atoms with Gasteiger partial charge in [0.1, 0.15) is 0 Å². The highest BCUT2D eigenvalue weighted by Crippen LogP contribution is 2.21. The first-order valence-corrected chi connectivity index (χ1v) is 7.06. The molecule has 19 heavy (non-hydrogen) atoms. The van der Waals surface area contributed by atoms with Gasteiger partial charge in [0.2, 0.25) is 0 Å². The van der Waals surface area contributed by atoms with Crippen molar-refractivity contribution in [1.29, 1.82) is 0 Å². The van der Waals surface area contributed by atoms with Crippen LogP contribution in [0.5, 0.6) is 0 Å². The van der Waals surface area contributed by atoms with E-state index in [-0.39, 0.29) is 5.91 Å². The zero-order valence-corrected chi connectivity index (χ0v) is 11.2. The second-order valence-electron chi connectivity index (χ2n) is 5.14. The highest BCUT2D eigenvalue weighted by Gasteiger charge is 2.21. The van der Waals surface area contributed by atoms with Gasteiger partial charge in [0, 0.05) is 18.0 Å². The lowest BCUT2D eigenvalue weighted by Gasteiger charge is -2.10. The summed E-state index contributed by atoms with van der Waals surface area (Å²) in [5, 5.41) is 8.51. The molecule has 1 heterocycles. The lowest BCUT2D eigenvalue weighted by atomic mass is 10.2. The van der Waals surface area contributed by atoms with E-state index in [1.54, 1.807) is 0 Å². The number of rotatable bonds is 3. The first-order valence-electron chi connectivity index (χ1n) is 7.06. The van der Waals surface area contributed by atoms with Gasteiger partial charge in [-0.25, -0.2) is 0 Å². The summed E-state index contributed by atoms with van der Waals surface area (Å²) in [7, 11) is 0. The third kappa shape index (κ3) is 2.23. The smallest absolute Gasteiger partial charge is 0.272 e. The van der Waals surface area contributed by atoms with Crippen molar-refractivity contribution >= 4 is 16.8 Å². The quantitative estimate of drug-likeness (QED) is 0.919. The van der Waals surface area contributed by atoms with Crippen molar-refractivity contribution in [3.8, 4) is 0 Å². The van der Waals surface area contributed by atoms with Gasteiger partial charge >= 0.3 is 0 Å². The predicted octanol–water partition coefficient (Wildman–Crippen LogP) is 2.73. The molecule has 0 unspecified atom stereocenters. The molecule has 0 aliphatic heterocycles. The van der Waals surface area contributed by atoms with Crippen molar-refractivity contribution in [2.45, 2.75) is 45.2 Å². The summed E-state index contributed by atoms with van der Waals surface area (Å²) in [6.07, 6.45) is 4.63. The minimum absolute atomic E-state index is 0.0321. The van der Waals surface area contributed by atoms with Crippen molar-refractivity contribution in [2.75, 3.05) is 0 Å². The normalized spacial score (nSPS) is 16.1.